The van der Waals surface area contributed by atoms with Crippen molar-refractivity contribution in [3.05, 3.63) is 139 Å². The lowest BCUT2D eigenvalue weighted by molar-refractivity contribution is 0.101. The average molecular weight is 943 g/mol. The summed E-state index contributed by atoms with van der Waals surface area (Å²) in [6, 6.07) is 17.6. The molecule has 6 aromatic rings. The molecule has 3 N–H and O–H groups in total. The number of anilines is 2. The maximum atomic E-state index is 13.8. The second-order valence-corrected chi connectivity index (χ2v) is 13.5. The second kappa shape index (κ2) is 22.8. The molecule has 0 saturated heterocycles. The number of rotatable bonds is 9. The standard InChI is InChI=1S/C19H14Cl2F3N3O.C12H8Cl2FN.C7H7ClF2N2O.CH3Cl/c1-2-27-9-13(17(26-27)18(23)24)19(28)25-16-6-4-11(22)8-12(16)10-3-5-14(20)15(21)7-10;13-10-3-1-7(5-11(10)14)9-6-8(15)2-4-12(9)16;1-2-12-3-4(6(8)13)5(11-12)7(9)10;1-2/h3-9,18H,2H2,1H3,(H,25,28);1-6H,16H2;3,7H,2H2,1H3;1H3. The molecule has 8 nitrogen and oxygen atoms in total. The van der Waals surface area contributed by atoms with Crippen LogP contribution >= 0.6 is 69.6 Å². The van der Waals surface area contributed by atoms with Gasteiger partial charge in [0.2, 0.25) is 0 Å². The summed E-state index contributed by atoms with van der Waals surface area (Å²) in [5.41, 5.74) is 7.04. The van der Waals surface area contributed by atoms with Gasteiger partial charge < -0.3 is 11.1 Å². The Morgan fingerprint density at radius 2 is 1.10 bits per heavy atom. The lowest BCUT2D eigenvalue weighted by Gasteiger charge is -2.12. The summed E-state index contributed by atoms with van der Waals surface area (Å²) in [5, 5.41) is 10.3. The summed E-state index contributed by atoms with van der Waals surface area (Å²) < 4.78 is 80.4. The maximum absolute atomic E-state index is 13.8. The SMILES string of the molecule is CCl.CCn1cc(C(=O)Cl)c(C(F)F)n1.CCn1cc(C(=O)Nc2ccc(F)cc2-c2ccc(Cl)c(Cl)c2)c(C(F)F)n1.Nc1ccc(F)cc1-c1ccc(Cl)c(Cl)c1. The van der Waals surface area contributed by atoms with Crippen LogP contribution in [0.5, 0.6) is 0 Å². The van der Waals surface area contributed by atoms with Crippen molar-refractivity contribution in [1.29, 1.82) is 0 Å². The number of benzene rings is 4. The van der Waals surface area contributed by atoms with E-state index in [0.717, 1.165) is 11.6 Å². The number of alkyl halides is 5. The minimum atomic E-state index is -2.91. The number of aromatic nitrogens is 4. The van der Waals surface area contributed by atoms with E-state index >= 15 is 0 Å². The quantitative estimate of drug-likeness (QED) is 0.0650. The molecule has 0 atom stereocenters. The van der Waals surface area contributed by atoms with Crippen molar-refractivity contribution in [2.45, 2.75) is 39.8 Å². The van der Waals surface area contributed by atoms with Gasteiger partial charge in [0.25, 0.3) is 24.0 Å². The number of carbonyl (C=O) groups excluding carboxylic acids is 2. The van der Waals surface area contributed by atoms with Gasteiger partial charge in [0.05, 0.1) is 31.2 Å². The lowest BCUT2D eigenvalue weighted by atomic mass is 10.0. The fraction of sp³-hybridized carbons (Fsp3) is 0.179. The minimum Gasteiger partial charge on any atom is -0.398 e. The molecule has 0 aliphatic carbocycles. The van der Waals surface area contributed by atoms with Crippen LogP contribution in [-0.4, -0.2) is 37.1 Å². The van der Waals surface area contributed by atoms with Crippen LogP contribution in [0.15, 0.2) is 85.2 Å². The summed E-state index contributed by atoms with van der Waals surface area (Å²) in [6.45, 7) is 4.19. The molecule has 2 aromatic heterocycles. The first kappa shape index (κ1) is 48.9. The van der Waals surface area contributed by atoms with Crippen LogP contribution in [0.3, 0.4) is 0 Å². The maximum Gasteiger partial charge on any atom is 0.282 e. The van der Waals surface area contributed by atoms with Gasteiger partial charge in [-0.3, -0.25) is 19.0 Å². The number of hydrogen-bond acceptors (Lipinski definition) is 5. The van der Waals surface area contributed by atoms with Gasteiger partial charge in [-0.25, -0.2) is 26.3 Å². The third kappa shape index (κ3) is 13.3. The van der Waals surface area contributed by atoms with E-state index in [-0.39, 0.29) is 27.7 Å². The van der Waals surface area contributed by atoms with Crippen molar-refractivity contribution in [3.63, 3.8) is 0 Å². The molecule has 4 aromatic carbocycles. The molecule has 0 fully saturated rings. The van der Waals surface area contributed by atoms with Crippen molar-refractivity contribution < 1.29 is 35.9 Å². The molecule has 0 aliphatic rings. The van der Waals surface area contributed by atoms with Crippen molar-refractivity contribution in [1.82, 2.24) is 19.6 Å². The second-order valence-electron chi connectivity index (χ2n) is 11.6. The molecule has 0 saturated carbocycles. The predicted molar refractivity (Wildman–Crippen MR) is 224 cm³/mol. The Balaban J connectivity index is 0.000000254. The Morgan fingerprint density at radius 1 is 0.661 bits per heavy atom. The molecule has 0 spiro atoms. The van der Waals surface area contributed by atoms with Crippen molar-refractivity contribution in [2.24, 2.45) is 0 Å². The smallest absolute Gasteiger partial charge is 0.282 e. The van der Waals surface area contributed by atoms with Crippen molar-refractivity contribution in [2.75, 3.05) is 17.4 Å². The van der Waals surface area contributed by atoms with Crippen molar-refractivity contribution >= 4 is 92.1 Å². The number of aryl methyl sites for hydroxylation is 2. The Hall–Kier alpha value is -4.44. The minimum absolute atomic E-state index is 0.224. The number of nitrogens with zero attached hydrogens (tertiary/aromatic N) is 4. The molecule has 0 bridgehead atoms. The average Bonchev–Trinajstić information content (AvgIpc) is 3.86. The number of carbonyl (C=O) groups is 2. The zero-order chi connectivity index (χ0) is 44.1. The van der Waals surface area contributed by atoms with Crippen LogP contribution in [0.4, 0.5) is 37.7 Å². The molecule has 0 aliphatic heterocycles. The first-order chi connectivity index (χ1) is 27.9. The van der Waals surface area contributed by atoms with E-state index in [1.807, 2.05) is 0 Å². The molecule has 59 heavy (non-hydrogen) atoms. The highest BCUT2D eigenvalue weighted by atomic mass is 35.5. The van der Waals surface area contributed by atoms with Gasteiger partial charge in [-0.05, 0) is 97.2 Å². The van der Waals surface area contributed by atoms with Crippen molar-refractivity contribution in [3.8, 4) is 22.3 Å². The third-order valence-electron chi connectivity index (χ3n) is 7.80. The third-order valence-corrected chi connectivity index (χ3v) is 9.49. The van der Waals surface area contributed by atoms with E-state index in [0.29, 0.717) is 50.5 Å². The molecule has 0 radical (unpaired) electrons. The Kier molecular flexibility index (Phi) is 18.9. The number of hydrogen-bond donors (Lipinski definition) is 2. The van der Waals surface area contributed by atoms with Crippen LogP contribution in [0.2, 0.25) is 20.1 Å². The number of nitrogens with two attached hydrogens (primary N) is 1. The molecular formula is C39H32Cl6F6N6O2. The van der Waals surface area contributed by atoms with Gasteiger partial charge in [-0.15, -0.1) is 11.6 Å². The van der Waals surface area contributed by atoms with Gasteiger partial charge in [-0.2, -0.15) is 10.2 Å². The van der Waals surface area contributed by atoms with E-state index in [1.54, 1.807) is 38.1 Å². The highest BCUT2D eigenvalue weighted by molar-refractivity contribution is 6.67. The van der Waals surface area contributed by atoms with E-state index in [4.69, 9.17) is 63.7 Å². The predicted octanol–water partition coefficient (Wildman–Crippen LogP) is 13.7. The van der Waals surface area contributed by atoms with Gasteiger partial charge in [0.1, 0.15) is 23.0 Å². The fourth-order valence-electron chi connectivity index (χ4n) is 5.01. The Morgan fingerprint density at radius 3 is 1.54 bits per heavy atom. The lowest BCUT2D eigenvalue weighted by Crippen LogP contribution is -2.14. The summed E-state index contributed by atoms with van der Waals surface area (Å²) in [7, 11) is 0. The van der Waals surface area contributed by atoms with Crippen LogP contribution in [0.25, 0.3) is 22.3 Å². The Labute approximate surface area is 364 Å². The van der Waals surface area contributed by atoms with Crippen LogP contribution in [-0.2, 0) is 13.1 Å². The van der Waals surface area contributed by atoms with Gasteiger partial charge in [0.15, 0.2) is 0 Å². The fourth-order valence-corrected chi connectivity index (χ4v) is 5.75. The summed E-state index contributed by atoms with van der Waals surface area (Å²) >= 11 is 33.4. The summed E-state index contributed by atoms with van der Waals surface area (Å²) in [4.78, 5) is 23.3. The Bertz CT molecular complexity index is 2400. The number of halogens is 12. The summed E-state index contributed by atoms with van der Waals surface area (Å²) in [5.74, 6) is -1.65. The van der Waals surface area contributed by atoms with E-state index in [9.17, 15) is 35.9 Å². The normalized spacial score (nSPS) is 10.6. The molecule has 1 amide bonds. The molecule has 20 heteroatoms. The highest BCUT2D eigenvalue weighted by Crippen LogP contribution is 2.35. The monoisotopic (exact) mass is 940 g/mol. The molecule has 6 rings (SSSR count). The zero-order valence-corrected chi connectivity index (χ0v) is 35.4. The van der Waals surface area contributed by atoms with E-state index in [2.05, 4.69) is 27.1 Å². The van der Waals surface area contributed by atoms with Gasteiger partial charge in [0, 0.05) is 54.4 Å². The van der Waals surface area contributed by atoms with Crippen LogP contribution in [0.1, 0.15) is 58.8 Å². The number of nitrogens with one attached hydrogen (secondary N) is 1. The largest absolute Gasteiger partial charge is 0.398 e. The van der Waals surface area contributed by atoms with Gasteiger partial charge in [-0.1, -0.05) is 58.5 Å². The first-order valence-electron chi connectivity index (χ1n) is 16.8. The molecule has 0 unspecified atom stereocenters. The topological polar surface area (TPSA) is 108 Å². The summed E-state index contributed by atoms with van der Waals surface area (Å²) in [6.07, 6.45) is -1.74. The molecule has 314 valence electrons. The first-order valence-corrected chi connectivity index (χ1v) is 19.4. The zero-order valence-electron chi connectivity index (χ0n) is 30.9. The van der Waals surface area contributed by atoms with Crippen LogP contribution < -0.4 is 11.1 Å². The van der Waals surface area contributed by atoms with Gasteiger partial charge >= 0.3 is 0 Å². The highest BCUT2D eigenvalue weighted by Gasteiger charge is 2.24. The van der Waals surface area contributed by atoms with Crippen LogP contribution in [0, 0.1) is 11.6 Å². The van der Waals surface area contributed by atoms with E-state index in [1.165, 1.54) is 70.6 Å². The molecule has 2 heterocycles. The number of nitrogen functional groups attached to an aromatic ring is 1. The number of amides is 1. The van der Waals surface area contributed by atoms with E-state index < -0.39 is 41.2 Å². The molecular weight excluding hydrogens is 911 g/mol.